The van der Waals surface area contributed by atoms with Gasteiger partial charge in [0.25, 0.3) is 0 Å². The number of nitro benzene ring substituents is 1. The van der Waals surface area contributed by atoms with Crippen LogP contribution in [0, 0.1) is 10.1 Å². The molecule has 0 aliphatic carbocycles. The summed E-state index contributed by atoms with van der Waals surface area (Å²) in [6.07, 6.45) is 0. The lowest BCUT2D eigenvalue weighted by Crippen LogP contribution is -2.44. The van der Waals surface area contributed by atoms with Crippen molar-refractivity contribution < 1.29 is 14.3 Å². The topological polar surface area (TPSA) is 97.8 Å². The fraction of sp³-hybridized carbons (Fsp3) is 0.294. The smallest absolute Gasteiger partial charge is 0.301 e. The summed E-state index contributed by atoms with van der Waals surface area (Å²) in [6.45, 7) is 4.06. The van der Waals surface area contributed by atoms with Crippen LogP contribution < -0.4 is 9.64 Å². The van der Waals surface area contributed by atoms with Crippen LogP contribution in [-0.2, 0) is 0 Å². The van der Waals surface area contributed by atoms with Gasteiger partial charge in [0.1, 0.15) is 5.75 Å². The third-order valence-electron chi connectivity index (χ3n) is 4.49. The quantitative estimate of drug-likeness (QED) is 0.494. The van der Waals surface area contributed by atoms with Gasteiger partial charge >= 0.3 is 5.69 Å². The number of aromatic nitrogens is 2. The van der Waals surface area contributed by atoms with Gasteiger partial charge in [-0.1, -0.05) is 0 Å². The van der Waals surface area contributed by atoms with Crippen molar-refractivity contribution >= 4 is 34.8 Å². The van der Waals surface area contributed by atoms with E-state index in [0.29, 0.717) is 11.5 Å². The molecule has 0 amide bonds. The first-order chi connectivity index (χ1) is 12.6. The predicted molar refractivity (Wildman–Crippen MR) is 102 cm³/mol. The number of rotatable bonds is 4. The minimum absolute atomic E-state index is 0. The lowest BCUT2D eigenvalue weighted by atomic mass is 10.2. The van der Waals surface area contributed by atoms with E-state index in [1.54, 1.807) is 0 Å². The summed E-state index contributed by atoms with van der Waals surface area (Å²) in [5.74, 6) is 0.972. The number of piperazine rings is 1. The number of halogens is 1. The molecule has 10 heteroatoms. The van der Waals surface area contributed by atoms with Crippen molar-refractivity contribution in [1.82, 2.24) is 15.2 Å². The second-order valence-electron chi connectivity index (χ2n) is 6.19. The van der Waals surface area contributed by atoms with Gasteiger partial charge in [-0.05, 0) is 47.7 Å². The van der Waals surface area contributed by atoms with E-state index in [9.17, 15) is 10.1 Å². The molecule has 1 aliphatic heterocycles. The van der Waals surface area contributed by atoms with E-state index in [1.165, 1.54) is 12.1 Å². The van der Waals surface area contributed by atoms with Gasteiger partial charge < -0.3 is 14.5 Å². The number of nitrogens with zero attached hydrogens (tertiary/aromatic N) is 5. The second kappa shape index (κ2) is 7.77. The zero-order valence-electron chi connectivity index (χ0n) is 14.6. The minimum atomic E-state index is -0.527. The molecule has 3 aromatic rings. The number of fused-ring (bicyclic) bond motifs is 1. The first kappa shape index (κ1) is 18.9. The summed E-state index contributed by atoms with van der Waals surface area (Å²) in [7, 11) is 2.12. The van der Waals surface area contributed by atoms with E-state index >= 15 is 0 Å². The molecule has 142 valence electrons. The average Bonchev–Trinajstić information content (AvgIpc) is 3.13. The van der Waals surface area contributed by atoms with Gasteiger partial charge in [0.05, 0.1) is 4.92 Å². The number of ether oxygens (including phenoxy) is 1. The maximum Gasteiger partial charge on any atom is 0.301 e. The second-order valence-corrected chi connectivity index (χ2v) is 6.19. The van der Waals surface area contributed by atoms with Crippen LogP contribution in [0.5, 0.6) is 11.5 Å². The Morgan fingerprint density at radius 3 is 2.37 bits per heavy atom. The maximum atomic E-state index is 11.0. The molecule has 1 aliphatic rings. The zero-order chi connectivity index (χ0) is 18.1. The van der Waals surface area contributed by atoms with E-state index in [0.717, 1.165) is 31.9 Å². The summed E-state index contributed by atoms with van der Waals surface area (Å²) in [5.41, 5.74) is 1.27. The molecule has 2 aromatic carbocycles. The number of non-ortho nitro benzene ring substituents is 1. The Hall–Kier alpha value is -2.91. The highest BCUT2D eigenvalue weighted by molar-refractivity contribution is 5.88. The van der Waals surface area contributed by atoms with Crippen LogP contribution in [0.4, 0.5) is 11.4 Å². The van der Waals surface area contributed by atoms with E-state index in [-0.39, 0.29) is 29.1 Å². The summed E-state index contributed by atoms with van der Waals surface area (Å²) in [4.78, 5) is 15.1. The van der Waals surface area contributed by atoms with Gasteiger partial charge in [-0.25, -0.2) is 4.63 Å². The predicted octanol–water partition coefficient (Wildman–Crippen LogP) is 3.10. The Kier molecular flexibility index (Phi) is 5.43. The number of likely N-dealkylation sites (N-methyl/N-ethyl adjacent to an activating group) is 1. The highest BCUT2D eigenvalue weighted by Gasteiger charge is 2.21. The molecule has 0 unspecified atom stereocenters. The third kappa shape index (κ3) is 3.79. The molecule has 0 spiro atoms. The zero-order valence-corrected chi connectivity index (χ0v) is 15.4. The first-order valence-electron chi connectivity index (χ1n) is 8.23. The SMILES string of the molecule is CN1CCN(c2ccc(Oc3ccc([N+](=O)[O-])c4nonc34)cc2)CC1.Cl. The molecule has 1 saturated heterocycles. The molecule has 27 heavy (non-hydrogen) atoms. The lowest BCUT2D eigenvalue weighted by molar-refractivity contribution is -0.383. The Balaban J connectivity index is 0.00000210. The number of benzene rings is 2. The van der Waals surface area contributed by atoms with Crippen molar-refractivity contribution in [3.63, 3.8) is 0 Å². The highest BCUT2D eigenvalue weighted by atomic mass is 35.5. The number of nitro groups is 1. The molecular formula is C17H18ClN5O4. The summed E-state index contributed by atoms with van der Waals surface area (Å²) >= 11 is 0. The van der Waals surface area contributed by atoms with Crippen molar-refractivity contribution in [2.24, 2.45) is 0 Å². The Morgan fingerprint density at radius 2 is 1.70 bits per heavy atom. The van der Waals surface area contributed by atoms with E-state index in [4.69, 9.17) is 4.74 Å². The molecule has 0 bridgehead atoms. The Morgan fingerprint density at radius 1 is 1.04 bits per heavy atom. The molecule has 2 heterocycles. The standard InChI is InChI=1S/C17H17N5O4.ClH/c1-20-8-10-21(11-9-20)12-2-4-13(5-3-12)25-15-7-6-14(22(23)24)16-17(15)19-26-18-16;/h2-7H,8-11H2,1H3;1H. The third-order valence-corrected chi connectivity index (χ3v) is 4.49. The van der Waals surface area contributed by atoms with Gasteiger partial charge in [-0.2, -0.15) is 0 Å². The summed E-state index contributed by atoms with van der Waals surface area (Å²) in [6, 6.07) is 10.6. The molecule has 4 rings (SSSR count). The van der Waals surface area contributed by atoms with Crippen LogP contribution in [0.25, 0.3) is 11.0 Å². The number of hydrogen-bond donors (Lipinski definition) is 0. The minimum Gasteiger partial charge on any atom is -0.455 e. The average molecular weight is 392 g/mol. The van der Waals surface area contributed by atoms with Gasteiger partial charge in [-0.3, -0.25) is 10.1 Å². The van der Waals surface area contributed by atoms with Crippen LogP contribution in [0.1, 0.15) is 0 Å². The molecule has 1 aromatic heterocycles. The van der Waals surface area contributed by atoms with Crippen LogP contribution in [-0.4, -0.2) is 53.4 Å². The van der Waals surface area contributed by atoms with Gasteiger partial charge in [0.15, 0.2) is 11.3 Å². The molecule has 9 nitrogen and oxygen atoms in total. The van der Waals surface area contributed by atoms with Crippen molar-refractivity contribution in [2.45, 2.75) is 0 Å². The normalized spacial score (nSPS) is 14.8. The van der Waals surface area contributed by atoms with Crippen molar-refractivity contribution in [2.75, 3.05) is 38.1 Å². The van der Waals surface area contributed by atoms with Crippen LogP contribution in [0.2, 0.25) is 0 Å². The lowest BCUT2D eigenvalue weighted by Gasteiger charge is -2.34. The molecule has 0 radical (unpaired) electrons. The van der Waals surface area contributed by atoms with Crippen molar-refractivity contribution in [3.05, 3.63) is 46.5 Å². The van der Waals surface area contributed by atoms with E-state index < -0.39 is 4.92 Å². The monoisotopic (exact) mass is 391 g/mol. The summed E-state index contributed by atoms with van der Waals surface area (Å²) in [5, 5.41) is 18.4. The largest absolute Gasteiger partial charge is 0.455 e. The molecule has 0 N–H and O–H groups in total. The first-order valence-corrected chi connectivity index (χ1v) is 8.23. The highest BCUT2D eigenvalue weighted by Crippen LogP contribution is 2.33. The fourth-order valence-corrected chi connectivity index (χ4v) is 2.98. The molecule has 0 atom stereocenters. The maximum absolute atomic E-state index is 11.0. The Bertz CT molecular complexity index is 938. The van der Waals surface area contributed by atoms with Crippen LogP contribution in [0.3, 0.4) is 0 Å². The number of anilines is 1. The van der Waals surface area contributed by atoms with Crippen LogP contribution in [0.15, 0.2) is 41.0 Å². The molecule has 0 saturated carbocycles. The summed E-state index contributed by atoms with van der Waals surface area (Å²) < 4.78 is 10.5. The Labute approximate surface area is 161 Å². The van der Waals surface area contributed by atoms with Gasteiger partial charge in [-0.15, -0.1) is 12.4 Å². The van der Waals surface area contributed by atoms with Crippen molar-refractivity contribution in [1.29, 1.82) is 0 Å². The van der Waals surface area contributed by atoms with Gasteiger partial charge in [0, 0.05) is 37.9 Å². The van der Waals surface area contributed by atoms with E-state index in [2.05, 4.69) is 31.8 Å². The molecular weight excluding hydrogens is 374 g/mol. The number of hydrogen-bond acceptors (Lipinski definition) is 8. The van der Waals surface area contributed by atoms with Crippen LogP contribution >= 0.6 is 12.4 Å². The van der Waals surface area contributed by atoms with Crippen molar-refractivity contribution in [3.8, 4) is 11.5 Å². The molecule has 1 fully saturated rings. The fourth-order valence-electron chi connectivity index (χ4n) is 2.98. The van der Waals surface area contributed by atoms with E-state index in [1.807, 2.05) is 24.3 Å². The van der Waals surface area contributed by atoms with Gasteiger partial charge in [0.2, 0.25) is 5.52 Å².